The molecule has 2 heterocycles. The predicted molar refractivity (Wildman–Crippen MR) is 137 cm³/mol. The van der Waals surface area contributed by atoms with Gasteiger partial charge in [-0.2, -0.15) is 4.31 Å². The zero-order valence-corrected chi connectivity index (χ0v) is 21.4. The summed E-state index contributed by atoms with van der Waals surface area (Å²) in [6.45, 7) is 5.87. The van der Waals surface area contributed by atoms with Gasteiger partial charge in [-0.3, -0.25) is 4.79 Å². The number of nitrogens with one attached hydrogen (secondary N) is 1. The number of aryl methyl sites for hydroxylation is 3. The Hall–Kier alpha value is -3.30. The molecule has 1 aliphatic rings. The molecule has 3 aromatic rings. The summed E-state index contributed by atoms with van der Waals surface area (Å²) in [6.07, 6.45) is 4.78. The molecule has 1 amide bonds. The van der Waals surface area contributed by atoms with Crippen LogP contribution in [0.5, 0.6) is 0 Å². The zero-order valence-electron chi connectivity index (χ0n) is 20.6. The maximum atomic E-state index is 14.0. The minimum Gasteiger partial charge on any atom is -0.355 e. The number of carbonyl (C=O) groups excluding carboxylic acids is 1. The Balaban J connectivity index is 1.56. The Labute approximate surface area is 211 Å². The van der Waals surface area contributed by atoms with Crippen LogP contribution in [0.2, 0.25) is 0 Å². The van der Waals surface area contributed by atoms with Crippen LogP contribution in [0.25, 0.3) is 12.2 Å². The van der Waals surface area contributed by atoms with Gasteiger partial charge in [0.1, 0.15) is 11.5 Å². The van der Waals surface area contributed by atoms with Gasteiger partial charge in [-0.15, -0.1) is 0 Å². The highest BCUT2D eigenvalue weighted by molar-refractivity contribution is 7.89. The molecule has 0 radical (unpaired) electrons. The van der Waals surface area contributed by atoms with Gasteiger partial charge in [-0.1, -0.05) is 48.5 Å². The van der Waals surface area contributed by atoms with Crippen LogP contribution in [-0.2, 0) is 21.2 Å². The number of halogens is 1. The zero-order chi connectivity index (χ0) is 25.9. The van der Waals surface area contributed by atoms with Gasteiger partial charge in [-0.25, -0.2) is 12.8 Å². The Morgan fingerprint density at radius 3 is 2.72 bits per heavy atom. The number of carbonyl (C=O) groups is 1. The lowest BCUT2D eigenvalue weighted by Gasteiger charge is -2.31. The van der Waals surface area contributed by atoms with E-state index in [2.05, 4.69) is 10.5 Å². The third kappa shape index (κ3) is 5.27. The molecule has 1 atom stereocenters. The van der Waals surface area contributed by atoms with Crippen LogP contribution in [-0.4, -0.2) is 36.9 Å². The number of nitrogens with zero attached hydrogens (tertiary/aromatic N) is 2. The molecule has 7 nitrogen and oxygen atoms in total. The summed E-state index contributed by atoms with van der Waals surface area (Å²) in [5.74, 6) is -1.09. The second-order valence-corrected chi connectivity index (χ2v) is 10.8. The molecule has 1 aromatic heterocycles. The second kappa shape index (κ2) is 10.8. The molecule has 0 spiro atoms. The number of sulfonamides is 1. The molecule has 2 aromatic carbocycles. The number of rotatable bonds is 7. The van der Waals surface area contributed by atoms with E-state index in [0.29, 0.717) is 18.4 Å². The molecule has 1 unspecified atom stereocenters. The quantitative estimate of drug-likeness (QED) is 0.471. The number of amides is 1. The van der Waals surface area contributed by atoms with E-state index in [9.17, 15) is 17.6 Å². The Kier molecular flexibility index (Phi) is 7.70. The van der Waals surface area contributed by atoms with Gasteiger partial charge in [0.15, 0.2) is 10.7 Å². The summed E-state index contributed by atoms with van der Waals surface area (Å²) < 4.78 is 47.9. The highest BCUT2D eigenvalue weighted by atomic mass is 32.2. The normalized spacial score (nSPS) is 16.9. The molecule has 1 aliphatic heterocycles. The summed E-state index contributed by atoms with van der Waals surface area (Å²) in [5.41, 5.74) is 3.30. The predicted octanol–water partition coefficient (Wildman–Crippen LogP) is 5.20. The van der Waals surface area contributed by atoms with E-state index in [0.717, 1.165) is 23.2 Å². The smallest absolute Gasteiger partial charge is 0.248 e. The molecular weight excluding hydrogens is 481 g/mol. The van der Waals surface area contributed by atoms with Crippen LogP contribution in [0.3, 0.4) is 0 Å². The second-order valence-electron chi connectivity index (χ2n) is 8.97. The van der Waals surface area contributed by atoms with E-state index in [1.54, 1.807) is 25.1 Å². The fraction of sp³-hybridized carbons (Fsp3) is 0.333. The van der Waals surface area contributed by atoms with Crippen molar-refractivity contribution in [3.63, 3.8) is 0 Å². The van der Waals surface area contributed by atoms with Crippen LogP contribution in [0.4, 0.5) is 10.1 Å². The van der Waals surface area contributed by atoms with Crippen molar-refractivity contribution in [2.24, 2.45) is 5.92 Å². The van der Waals surface area contributed by atoms with Crippen molar-refractivity contribution in [2.45, 2.75) is 44.9 Å². The molecule has 4 rings (SSSR count). The molecule has 36 heavy (non-hydrogen) atoms. The Bertz CT molecular complexity index is 1400. The molecule has 0 bridgehead atoms. The summed E-state index contributed by atoms with van der Waals surface area (Å²) in [6, 6.07) is 12.0. The van der Waals surface area contributed by atoms with E-state index in [4.69, 9.17) is 4.52 Å². The van der Waals surface area contributed by atoms with Crippen LogP contribution < -0.4 is 5.32 Å². The van der Waals surface area contributed by atoms with Crippen molar-refractivity contribution >= 4 is 33.8 Å². The maximum Gasteiger partial charge on any atom is 0.248 e. The third-order valence-electron chi connectivity index (χ3n) is 6.49. The first-order chi connectivity index (χ1) is 17.2. The number of benzene rings is 2. The van der Waals surface area contributed by atoms with Gasteiger partial charge >= 0.3 is 0 Å². The molecular formula is C27H30FN3O4S. The largest absolute Gasteiger partial charge is 0.355 e. The van der Waals surface area contributed by atoms with Gasteiger partial charge in [-0.05, 0) is 62.5 Å². The maximum absolute atomic E-state index is 14.0. The fourth-order valence-corrected chi connectivity index (χ4v) is 6.28. The lowest BCUT2D eigenvalue weighted by Crippen LogP contribution is -2.44. The third-order valence-corrected chi connectivity index (χ3v) is 8.52. The number of piperidine rings is 1. The standard InChI is InChI=1S/C27H30FN3O4S/c1-4-20-11-7-9-18(2)25(20)29-27(32)22-12-8-16-31(17-22)36(33,34)26-19(3)30-35-24(26)15-14-21-10-5-6-13-23(21)28/h5-7,9-11,13-15,22H,4,8,12,16-17H2,1-3H3,(H,29,32)/b15-14+. The molecule has 0 aliphatic carbocycles. The first-order valence-electron chi connectivity index (χ1n) is 12.0. The van der Waals surface area contributed by atoms with E-state index in [1.807, 2.05) is 32.0 Å². The molecule has 9 heteroatoms. The van der Waals surface area contributed by atoms with E-state index >= 15 is 0 Å². The number of para-hydroxylation sites is 1. The summed E-state index contributed by atoms with van der Waals surface area (Å²) in [7, 11) is -4.00. The molecule has 1 fully saturated rings. The van der Waals surface area contributed by atoms with E-state index in [-0.39, 0.29) is 35.3 Å². The highest BCUT2D eigenvalue weighted by Crippen LogP contribution is 2.30. The van der Waals surface area contributed by atoms with Gasteiger partial charge in [0.2, 0.25) is 15.9 Å². The molecule has 0 saturated carbocycles. The lowest BCUT2D eigenvalue weighted by molar-refractivity contribution is -0.120. The van der Waals surface area contributed by atoms with Gasteiger partial charge in [0.25, 0.3) is 0 Å². The summed E-state index contributed by atoms with van der Waals surface area (Å²) in [5, 5.41) is 6.88. The Morgan fingerprint density at radius 2 is 1.97 bits per heavy atom. The lowest BCUT2D eigenvalue weighted by atomic mass is 9.98. The van der Waals surface area contributed by atoms with Crippen molar-refractivity contribution < 1.29 is 22.1 Å². The SMILES string of the molecule is CCc1cccc(C)c1NC(=O)C1CCCN(S(=O)(=O)c2c(C)noc2/C=C/c2ccccc2F)C1. The number of aromatic nitrogens is 1. The van der Waals surface area contributed by atoms with Gasteiger partial charge < -0.3 is 9.84 Å². The van der Waals surface area contributed by atoms with Crippen molar-refractivity contribution in [3.05, 3.63) is 76.4 Å². The minimum absolute atomic E-state index is 0.0230. The van der Waals surface area contributed by atoms with Crippen LogP contribution in [0.15, 0.2) is 51.9 Å². The van der Waals surface area contributed by atoms with Crippen molar-refractivity contribution in [2.75, 3.05) is 18.4 Å². The van der Waals surface area contributed by atoms with Gasteiger partial charge in [0, 0.05) is 24.3 Å². The first kappa shape index (κ1) is 25.8. The Morgan fingerprint density at radius 1 is 1.19 bits per heavy atom. The van der Waals surface area contributed by atoms with Crippen LogP contribution in [0.1, 0.15) is 47.9 Å². The highest BCUT2D eigenvalue weighted by Gasteiger charge is 2.37. The van der Waals surface area contributed by atoms with Crippen molar-refractivity contribution in [1.82, 2.24) is 9.46 Å². The number of hydrogen-bond donors (Lipinski definition) is 1. The average Bonchev–Trinajstić information content (AvgIpc) is 3.25. The molecule has 1 N–H and O–H groups in total. The fourth-order valence-electron chi connectivity index (χ4n) is 4.51. The number of hydrogen-bond acceptors (Lipinski definition) is 5. The monoisotopic (exact) mass is 511 g/mol. The topological polar surface area (TPSA) is 92.5 Å². The van der Waals surface area contributed by atoms with Crippen LogP contribution >= 0.6 is 0 Å². The van der Waals surface area contributed by atoms with Gasteiger partial charge in [0.05, 0.1) is 5.92 Å². The average molecular weight is 512 g/mol. The molecule has 1 saturated heterocycles. The number of anilines is 1. The minimum atomic E-state index is -4.00. The van der Waals surface area contributed by atoms with E-state index < -0.39 is 21.8 Å². The van der Waals surface area contributed by atoms with E-state index in [1.165, 1.54) is 22.5 Å². The molecule has 190 valence electrons. The van der Waals surface area contributed by atoms with Crippen molar-refractivity contribution in [1.29, 1.82) is 0 Å². The van der Waals surface area contributed by atoms with Crippen LogP contribution in [0, 0.1) is 25.6 Å². The van der Waals surface area contributed by atoms with Crippen molar-refractivity contribution in [3.8, 4) is 0 Å². The summed E-state index contributed by atoms with van der Waals surface area (Å²) >= 11 is 0. The summed E-state index contributed by atoms with van der Waals surface area (Å²) in [4.78, 5) is 13.1. The first-order valence-corrected chi connectivity index (χ1v) is 13.4.